The van der Waals surface area contributed by atoms with Gasteiger partial charge in [0.1, 0.15) is 22.6 Å². The Hall–Kier alpha value is -5.47. The Labute approximate surface area is 318 Å². The SMILES string of the molecule is COc1cc(N2CCN(C(=O)CN3CCC(c4ccc(NC5CCC(=O)NC5=O)cc4)CC3)CC2)ccc1Nc1ncc(Cl)c(Nc2ccc(F)cc2)n1. The number of likely N-dealkylation sites (tertiary alicyclic amines) is 1. The standard InChI is InChI=1S/C39H43ClFN9O4/c1-54-34-22-30(10-11-32(34)45-39-42-23-31(40)37(47-39)44-29-8-4-27(41)5-9-29)49-18-20-50(21-19-49)36(52)24-48-16-14-26(15-17-48)25-2-6-28(7-3-25)43-33-12-13-35(51)46-38(33)53/h2-11,22-23,26,33,43H,12-21,24H2,1H3,(H,46,51,53)(H2,42,44,45,47). The number of anilines is 6. The summed E-state index contributed by atoms with van der Waals surface area (Å²) in [6, 6.07) is 19.6. The van der Waals surface area contributed by atoms with Gasteiger partial charge in [-0.1, -0.05) is 23.7 Å². The maximum atomic E-state index is 13.3. The van der Waals surface area contributed by atoms with E-state index in [1.54, 1.807) is 19.2 Å². The molecule has 3 aliphatic rings. The summed E-state index contributed by atoms with van der Waals surface area (Å²) in [6.45, 7) is 4.83. The molecule has 4 N–H and O–H groups in total. The second-order valence-electron chi connectivity index (χ2n) is 13.7. The largest absolute Gasteiger partial charge is 0.494 e. The summed E-state index contributed by atoms with van der Waals surface area (Å²) in [7, 11) is 1.60. The van der Waals surface area contributed by atoms with Crippen molar-refractivity contribution in [1.29, 1.82) is 0 Å². The number of nitrogens with zero attached hydrogens (tertiary/aromatic N) is 5. The predicted molar refractivity (Wildman–Crippen MR) is 206 cm³/mol. The number of aromatic nitrogens is 2. The quantitative estimate of drug-likeness (QED) is 0.144. The fourth-order valence-corrected chi connectivity index (χ4v) is 7.24. The molecular weight excluding hydrogens is 713 g/mol. The first kappa shape index (κ1) is 36.9. The molecule has 3 amide bonds. The lowest BCUT2D eigenvalue weighted by atomic mass is 9.89. The normalized spacial score (nSPS) is 18.2. The van der Waals surface area contributed by atoms with Crippen molar-refractivity contribution in [3.05, 3.63) is 89.3 Å². The first-order valence-electron chi connectivity index (χ1n) is 18.2. The van der Waals surface area contributed by atoms with Gasteiger partial charge in [-0.25, -0.2) is 9.37 Å². The highest BCUT2D eigenvalue weighted by atomic mass is 35.5. The van der Waals surface area contributed by atoms with Crippen LogP contribution in [0, 0.1) is 5.82 Å². The molecule has 0 radical (unpaired) electrons. The molecule has 54 heavy (non-hydrogen) atoms. The van der Waals surface area contributed by atoms with Gasteiger partial charge in [0.25, 0.3) is 0 Å². The minimum absolute atomic E-state index is 0.158. The van der Waals surface area contributed by atoms with Gasteiger partial charge >= 0.3 is 0 Å². The van der Waals surface area contributed by atoms with Gasteiger partial charge in [-0.3, -0.25) is 24.6 Å². The molecule has 13 nitrogen and oxygen atoms in total. The van der Waals surface area contributed by atoms with Crippen molar-refractivity contribution in [2.24, 2.45) is 0 Å². The molecule has 0 bridgehead atoms. The predicted octanol–water partition coefficient (Wildman–Crippen LogP) is 5.51. The smallest absolute Gasteiger partial charge is 0.249 e. The van der Waals surface area contributed by atoms with Crippen LogP contribution in [-0.2, 0) is 14.4 Å². The zero-order valence-corrected chi connectivity index (χ0v) is 30.7. The number of benzene rings is 3. The Morgan fingerprint density at radius 2 is 1.65 bits per heavy atom. The third-order valence-electron chi connectivity index (χ3n) is 10.2. The van der Waals surface area contributed by atoms with Crippen LogP contribution in [0.5, 0.6) is 5.75 Å². The van der Waals surface area contributed by atoms with Crippen molar-refractivity contribution in [3.63, 3.8) is 0 Å². The van der Waals surface area contributed by atoms with Crippen LogP contribution in [0.2, 0.25) is 5.02 Å². The first-order valence-corrected chi connectivity index (χ1v) is 18.5. The summed E-state index contributed by atoms with van der Waals surface area (Å²) in [6.07, 6.45) is 4.28. The van der Waals surface area contributed by atoms with E-state index in [1.807, 2.05) is 35.2 Å². The highest BCUT2D eigenvalue weighted by molar-refractivity contribution is 6.32. The van der Waals surface area contributed by atoms with Crippen molar-refractivity contribution >= 4 is 63.8 Å². The molecule has 7 rings (SSSR count). The van der Waals surface area contributed by atoms with E-state index in [4.69, 9.17) is 16.3 Å². The summed E-state index contributed by atoms with van der Waals surface area (Å²) in [4.78, 5) is 52.1. The van der Waals surface area contributed by atoms with Gasteiger partial charge in [-0.05, 0) is 92.4 Å². The number of imide groups is 1. The average Bonchev–Trinajstić information content (AvgIpc) is 3.19. The molecule has 3 fully saturated rings. The minimum Gasteiger partial charge on any atom is -0.494 e. The molecule has 0 spiro atoms. The third-order valence-corrected chi connectivity index (χ3v) is 10.5. The molecule has 0 saturated carbocycles. The highest BCUT2D eigenvalue weighted by Gasteiger charge is 2.28. The molecule has 1 aromatic heterocycles. The molecule has 4 heterocycles. The number of methoxy groups -OCH3 is 1. The molecule has 1 unspecified atom stereocenters. The number of rotatable bonds is 11. The summed E-state index contributed by atoms with van der Waals surface area (Å²) < 4.78 is 19.0. The van der Waals surface area contributed by atoms with Crippen molar-refractivity contribution in [1.82, 2.24) is 25.1 Å². The molecule has 3 aromatic carbocycles. The van der Waals surface area contributed by atoms with Crippen molar-refractivity contribution < 1.29 is 23.5 Å². The zero-order chi connectivity index (χ0) is 37.6. The summed E-state index contributed by atoms with van der Waals surface area (Å²) in [5.74, 6) is 1.03. The molecule has 0 aliphatic carbocycles. The Morgan fingerprint density at radius 3 is 2.35 bits per heavy atom. The van der Waals surface area contributed by atoms with Crippen LogP contribution in [0.1, 0.15) is 37.2 Å². The molecule has 3 aliphatic heterocycles. The lowest BCUT2D eigenvalue weighted by Crippen LogP contribution is -2.51. The van der Waals surface area contributed by atoms with E-state index in [9.17, 15) is 18.8 Å². The van der Waals surface area contributed by atoms with Gasteiger partial charge < -0.3 is 30.5 Å². The number of ether oxygens (including phenoxy) is 1. The fourth-order valence-electron chi connectivity index (χ4n) is 7.10. The van der Waals surface area contributed by atoms with E-state index < -0.39 is 6.04 Å². The summed E-state index contributed by atoms with van der Waals surface area (Å²) >= 11 is 6.32. The Morgan fingerprint density at radius 1 is 0.926 bits per heavy atom. The lowest BCUT2D eigenvalue weighted by molar-refractivity contribution is -0.134. The van der Waals surface area contributed by atoms with Gasteiger partial charge in [-0.15, -0.1) is 0 Å². The summed E-state index contributed by atoms with van der Waals surface area (Å²) in [5, 5.41) is 12.2. The third kappa shape index (κ3) is 9.00. The number of piperazine rings is 1. The number of hydrogen-bond acceptors (Lipinski definition) is 11. The van der Waals surface area contributed by atoms with Gasteiger partial charge in [0.2, 0.25) is 23.7 Å². The fraction of sp³-hybridized carbons (Fsp3) is 0.359. The van der Waals surface area contributed by atoms with Crippen LogP contribution < -0.4 is 30.9 Å². The zero-order valence-electron chi connectivity index (χ0n) is 30.0. The number of piperidine rings is 2. The number of nitrogens with one attached hydrogen (secondary N) is 4. The van der Waals surface area contributed by atoms with Crippen LogP contribution in [0.3, 0.4) is 0 Å². The second kappa shape index (κ2) is 16.7. The average molecular weight is 756 g/mol. The molecule has 282 valence electrons. The molecular formula is C39H43ClFN9O4. The van der Waals surface area contributed by atoms with E-state index in [0.29, 0.717) is 85.4 Å². The van der Waals surface area contributed by atoms with Gasteiger partial charge in [0, 0.05) is 55.7 Å². The van der Waals surface area contributed by atoms with E-state index in [-0.39, 0.29) is 23.5 Å². The highest BCUT2D eigenvalue weighted by Crippen LogP contribution is 2.33. The second-order valence-corrected chi connectivity index (χ2v) is 14.1. The van der Waals surface area contributed by atoms with E-state index in [0.717, 1.165) is 37.3 Å². The Balaban J connectivity index is 0.865. The molecule has 4 aromatic rings. The van der Waals surface area contributed by atoms with E-state index in [2.05, 4.69) is 53.2 Å². The number of halogens is 2. The van der Waals surface area contributed by atoms with E-state index >= 15 is 0 Å². The van der Waals surface area contributed by atoms with Gasteiger partial charge in [-0.2, -0.15) is 4.98 Å². The number of hydrogen-bond donors (Lipinski definition) is 4. The number of carbonyl (C=O) groups excluding carboxylic acids is 3. The van der Waals surface area contributed by atoms with Crippen molar-refractivity contribution in [2.75, 3.05) is 73.8 Å². The van der Waals surface area contributed by atoms with Crippen molar-refractivity contribution in [3.8, 4) is 5.75 Å². The minimum atomic E-state index is -0.400. The topological polar surface area (TPSA) is 144 Å². The first-order chi connectivity index (χ1) is 26.2. The van der Waals surface area contributed by atoms with Gasteiger partial charge in [0.05, 0.1) is 25.5 Å². The molecule has 1 atom stereocenters. The Kier molecular flexibility index (Phi) is 11.4. The molecule has 15 heteroatoms. The lowest BCUT2D eigenvalue weighted by Gasteiger charge is -2.38. The van der Waals surface area contributed by atoms with Crippen LogP contribution >= 0.6 is 11.6 Å². The number of amides is 3. The van der Waals surface area contributed by atoms with Crippen LogP contribution in [0.25, 0.3) is 0 Å². The maximum absolute atomic E-state index is 13.3. The Bertz CT molecular complexity index is 1970. The van der Waals surface area contributed by atoms with Crippen LogP contribution in [-0.4, -0.2) is 96.5 Å². The summed E-state index contributed by atoms with van der Waals surface area (Å²) in [5.41, 5.74) is 4.42. The van der Waals surface area contributed by atoms with Crippen LogP contribution in [0.15, 0.2) is 72.9 Å². The van der Waals surface area contributed by atoms with Gasteiger partial charge in [0.15, 0.2) is 5.82 Å². The van der Waals surface area contributed by atoms with Crippen LogP contribution in [0.4, 0.5) is 38.9 Å². The van der Waals surface area contributed by atoms with E-state index in [1.165, 1.54) is 23.9 Å². The molecule has 3 saturated heterocycles. The van der Waals surface area contributed by atoms with Crippen molar-refractivity contribution in [2.45, 2.75) is 37.6 Å². The maximum Gasteiger partial charge on any atom is 0.249 e. The number of carbonyl (C=O) groups is 3. The monoisotopic (exact) mass is 755 g/mol.